The number of hydrogen-bond donors (Lipinski definition) is 2. The van der Waals surface area contributed by atoms with Crippen LogP contribution in [0.1, 0.15) is 99.1 Å². The second kappa shape index (κ2) is 9.88. The molecule has 1 aromatic heterocycles. The van der Waals surface area contributed by atoms with Crippen LogP contribution >= 0.6 is 11.6 Å². The molecule has 0 aliphatic heterocycles. The van der Waals surface area contributed by atoms with Crippen molar-refractivity contribution in [2.45, 2.75) is 83.5 Å². The summed E-state index contributed by atoms with van der Waals surface area (Å²) in [6.07, 6.45) is 5.40. The topological polar surface area (TPSA) is 92.4 Å². The number of carboxylic acids is 1. The predicted molar refractivity (Wildman–Crippen MR) is 128 cm³/mol. The lowest BCUT2D eigenvalue weighted by Crippen LogP contribution is -2.24. The summed E-state index contributed by atoms with van der Waals surface area (Å²) in [5, 5.41) is 17.2. The van der Waals surface area contributed by atoms with E-state index in [1.807, 2.05) is 13.0 Å². The molecule has 33 heavy (non-hydrogen) atoms. The number of carboxylic acid groups (broad SMARTS) is 1. The zero-order valence-electron chi connectivity index (χ0n) is 19.6. The van der Waals surface area contributed by atoms with Gasteiger partial charge in [0.25, 0.3) is 0 Å². The number of carbonyl (C=O) groups excluding carboxylic acids is 1. The number of nitrogens with one attached hydrogen (secondary N) is 1. The molecule has 2 aliphatic rings. The summed E-state index contributed by atoms with van der Waals surface area (Å²) < 4.78 is 5.86. The third-order valence-electron chi connectivity index (χ3n) is 6.82. The number of aromatic nitrogens is 1. The largest absolute Gasteiger partial charge is 0.481 e. The summed E-state index contributed by atoms with van der Waals surface area (Å²) in [5.74, 6) is 1.30. The van der Waals surface area contributed by atoms with Crippen LogP contribution in [-0.4, -0.2) is 22.1 Å². The van der Waals surface area contributed by atoms with Crippen LogP contribution in [0.15, 0.2) is 22.7 Å². The molecule has 0 bridgehead atoms. The first-order valence-corrected chi connectivity index (χ1v) is 12.4. The van der Waals surface area contributed by atoms with Gasteiger partial charge in [0.2, 0.25) is 5.91 Å². The van der Waals surface area contributed by atoms with Crippen LogP contribution in [0.4, 0.5) is 5.69 Å². The van der Waals surface area contributed by atoms with Gasteiger partial charge in [-0.3, -0.25) is 9.59 Å². The van der Waals surface area contributed by atoms with Crippen molar-refractivity contribution in [1.29, 1.82) is 0 Å². The van der Waals surface area contributed by atoms with Crippen molar-refractivity contribution in [3.05, 3.63) is 45.8 Å². The number of carbonyl (C=O) groups is 2. The van der Waals surface area contributed by atoms with Crippen molar-refractivity contribution in [3.8, 4) is 0 Å². The Kier molecular flexibility index (Phi) is 7.13. The van der Waals surface area contributed by atoms with Crippen LogP contribution in [0.5, 0.6) is 0 Å². The number of amides is 1. The molecule has 2 aromatic rings. The van der Waals surface area contributed by atoms with Crippen LogP contribution in [0, 0.1) is 18.8 Å². The molecular weight excluding hydrogens is 440 g/mol. The Labute approximate surface area is 200 Å². The minimum Gasteiger partial charge on any atom is -0.481 e. The maximum absolute atomic E-state index is 12.9. The van der Waals surface area contributed by atoms with Crippen LogP contribution in [0.25, 0.3) is 0 Å². The molecule has 0 spiro atoms. The lowest BCUT2D eigenvalue weighted by molar-refractivity contribution is -0.137. The number of aliphatic carboxylic acids is 1. The Bertz CT molecular complexity index is 1020. The minimum atomic E-state index is -0.951. The first-order valence-electron chi connectivity index (χ1n) is 12.0. The van der Waals surface area contributed by atoms with Crippen molar-refractivity contribution in [1.82, 2.24) is 5.16 Å². The Morgan fingerprint density at radius 2 is 1.94 bits per heavy atom. The highest BCUT2D eigenvalue weighted by molar-refractivity contribution is 6.33. The summed E-state index contributed by atoms with van der Waals surface area (Å²) >= 11 is 6.22. The van der Waals surface area contributed by atoms with Crippen LogP contribution in [0.3, 0.4) is 0 Å². The summed E-state index contributed by atoms with van der Waals surface area (Å²) in [7, 11) is 0. The Balaban J connectivity index is 1.52. The molecule has 2 fully saturated rings. The average Bonchev–Trinajstić information content (AvgIpc) is 3.44. The van der Waals surface area contributed by atoms with Gasteiger partial charge >= 0.3 is 5.97 Å². The van der Waals surface area contributed by atoms with Gasteiger partial charge in [-0.15, -0.1) is 0 Å². The Hall–Kier alpha value is -2.34. The number of anilines is 1. The van der Waals surface area contributed by atoms with E-state index in [9.17, 15) is 14.7 Å². The third kappa shape index (κ3) is 5.78. The SMILES string of the molecule is Cc1ccc(Cl)c(NC(=O)C[C@@H](CC(=O)O)c2noc([C@H]3C[C@H](CC(C)C)C3)c2C2CC2)c1. The molecular formula is C26H33ClN2O4. The van der Waals surface area contributed by atoms with Gasteiger partial charge in [-0.1, -0.05) is 36.7 Å². The fraction of sp³-hybridized carbons (Fsp3) is 0.577. The molecule has 4 rings (SSSR count). The van der Waals surface area contributed by atoms with Gasteiger partial charge in [0.15, 0.2) is 0 Å². The van der Waals surface area contributed by atoms with Gasteiger partial charge in [-0.2, -0.15) is 0 Å². The molecule has 178 valence electrons. The molecule has 1 atom stereocenters. The zero-order chi connectivity index (χ0) is 23.7. The lowest BCUT2D eigenvalue weighted by Gasteiger charge is -2.35. The van der Waals surface area contributed by atoms with E-state index in [4.69, 9.17) is 16.1 Å². The molecule has 7 heteroatoms. The van der Waals surface area contributed by atoms with E-state index in [0.717, 1.165) is 48.5 Å². The summed E-state index contributed by atoms with van der Waals surface area (Å²) in [4.78, 5) is 24.5. The molecule has 6 nitrogen and oxygen atoms in total. The molecule has 1 heterocycles. The van der Waals surface area contributed by atoms with E-state index in [1.54, 1.807) is 12.1 Å². The molecule has 2 aliphatic carbocycles. The van der Waals surface area contributed by atoms with E-state index in [-0.39, 0.29) is 18.7 Å². The Morgan fingerprint density at radius 1 is 1.21 bits per heavy atom. The first-order chi connectivity index (χ1) is 15.7. The van der Waals surface area contributed by atoms with Gasteiger partial charge in [-0.05, 0) is 74.5 Å². The highest BCUT2D eigenvalue weighted by Crippen LogP contribution is 2.52. The smallest absolute Gasteiger partial charge is 0.304 e. The van der Waals surface area contributed by atoms with Gasteiger partial charge in [0.1, 0.15) is 5.76 Å². The van der Waals surface area contributed by atoms with Crippen molar-refractivity contribution in [2.75, 3.05) is 5.32 Å². The van der Waals surface area contributed by atoms with Gasteiger partial charge in [-0.25, -0.2) is 0 Å². The second-order valence-electron chi connectivity index (χ2n) is 10.3. The fourth-order valence-electron chi connectivity index (χ4n) is 5.14. The van der Waals surface area contributed by atoms with E-state index in [0.29, 0.717) is 34.2 Å². The molecule has 2 saturated carbocycles. The monoisotopic (exact) mass is 472 g/mol. The number of hydrogen-bond acceptors (Lipinski definition) is 4. The van der Waals surface area contributed by atoms with Gasteiger partial charge in [0.05, 0.1) is 22.8 Å². The van der Waals surface area contributed by atoms with Crippen molar-refractivity contribution >= 4 is 29.2 Å². The van der Waals surface area contributed by atoms with Crippen LogP contribution < -0.4 is 5.32 Å². The third-order valence-corrected chi connectivity index (χ3v) is 7.15. The molecule has 2 N–H and O–H groups in total. The number of rotatable bonds is 10. The molecule has 1 aromatic carbocycles. The molecule has 0 saturated heterocycles. The van der Waals surface area contributed by atoms with Crippen LogP contribution in [0.2, 0.25) is 5.02 Å². The van der Waals surface area contributed by atoms with E-state index in [1.165, 1.54) is 6.42 Å². The van der Waals surface area contributed by atoms with E-state index < -0.39 is 11.9 Å². The maximum Gasteiger partial charge on any atom is 0.304 e. The van der Waals surface area contributed by atoms with Crippen molar-refractivity contribution < 1.29 is 19.2 Å². The van der Waals surface area contributed by atoms with Crippen molar-refractivity contribution in [2.24, 2.45) is 11.8 Å². The highest BCUT2D eigenvalue weighted by Gasteiger charge is 2.42. The van der Waals surface area contributed by atoms with E-state index in [2.05, 4.69) is 24.3 Å². The second-order valence-corrected chi connectivity index (χ2v) is 10.7. The quantitative estimate of drug-likeness (QED) is 0.404. The Morgan fingerprint density at radius 3 is 2.58 bits per heavy atom. The molecule has 0 unspecified atom stereocenters. The highest BCUT2D eigenvalue weighted by atomic mass is 35.5. The first kappa shape index (κ1) is 23.8. The number of benzene rings is 1. The van der Waals surface area contributed by atoms with E-state index >= 15 is 0 Å². The molecule has 1 amide bonds. The number of aryl methyl sites for hydroxylation is 1. The maximum atomic E-state index is 12.9. The van der Waals surface area contributed by atoms with Gasteiger partial charge < -0.3 is 14.9 Å². The normalized spacial score (nSPS) is 21.0. The standard InChI is InChI=1S/C26H33ClN2O4/c1-14(2)8-16-10-19(11-16)26-24(17-5-6-17)25(29-33-26)18(13-23(31)32)12-22(30)28-21-9-15(3)4-7-20(21)27/h4,7,9,14,16-19H,5-6,8,10-13H2,1-3H3,(H,28,30)(H,31,32)/t16-,18-,19-/m0/s1. The minimum absolute atomic E-state index is 0.0168. The summed E-state index contributed by atoms with van der Waals surface area (Å²) in [6.45, 7) is 6.42. The lowest BCUT2D eigenvalue weighted by atomic mass is 9.69. The average molecular weight is 473 g/mol. The van der Waals surface area contributed by atoms with Gasteiger partial charge in [0, 0.05) is 23.8 Å². The molecule has 0 radical (unpaired) electrons. The fourth-order valence-corrected chi connectivity index (χ4v) is 5.30. The number of halogens is 1. The number of nitrogens with zero attached hydrogens (tertiary/aromatic N) is 1. The zero-order valence-corrected chi connectivity index (χ0v) is 20.3. The summed E-state index contributed by atoms with van der Waals surface area (Å²) in [6, 6.07) is 5.41. The van der Waals surface area contributed by atoms with Crippen molar-refractivity contribution in [3.63, 3.8) is 0 Å². The summed E-state index contributed by atoms with van der Waals surface area (Å²) in [5.41, 5.74) is 3.25. The van der Waals surface area contributed by atoms with Crippen LogP contribution in [-0.2, 0) is 9.59 Å². The predicted octanol–water partition coefficient (Wildman–Crippen LogP) is 6.64.